The number of halogens is 1. The first-order valence-corrected chi connectivity index (χ1v) is 11.9. The molecule has 0 aliphatic rings. The first-order chi connectivity index (χ1) is 18.1. The van der Waals surface area contributed by atoms with Gasteiger partial charge in [-0.15, -0.1) is 0 Å². The first-order valence-electron chi connectivity index (χ1n) is 11.5. The van der Waals surface area contributed by atoms with Crippen LogP contribution in [-0.4, -0.2) is 29.1 Å². The molecular weight excluding hydrogens is 486 g/mol. The van der Waals surface area contributed by atoms with Crippen LogP contribution in [0, 0.1) is 0 Å². The molecule has 0 saturated heterocycles. The van der Waals surface area contributed by atoms with E-state index in [0.717, 1.165) is 22.5 Å². The van der Waals surface area contributed by atoms with Gasteiger partial charge < -0.3 is 9.47 Å². The van der Waals surface area contributed by atoms with Crippen LogP contribution in [0.25, 0.3) is 16.9 Å². The van der Waals surface area contributed by atoms with E-state index in [0.29, 0.717) is 27.9 Å². The highest BCUT2D eigenvalue weighted by Gasteiger charge is 2.13. The molecule has 6 nitrogen and oxygen atoms in total. The van der Waals surface area contributed by atoms with Crippen molar-refractivity contribution < 1.29 is 14.3 Å². The molecule has 0 unspecified atom stereocenters. The Labute approximate surface area is 219 Å². The van der Waals surface area contributed by atoms with E-state index >= 15 is 0 Å². The highest BCUT2D eigenvalue weighted by atomic mass is 35.5. The van der Waals surface area contributed by atoms with Crippen molar-refractivity contribution in [1.82, 2.24) is 9.78 Å². The molecule has 182 valence electrons. The smallest absolute Gasteiger partial charge is 0.343 e. The van der Waals surface area contributed by atoms with Crippen LogP contribution < -0.4 is 9.47 Å². The summed E-state index contributed by atoms with van der Waals surface area (Å²) < 4.78 is 12.8. The zero-order valence-corrected chi connectivity index (χ0v) is 20.7. The molecule has 5 rings (SSSR count). The van der Waals surface area contributed by atoms with Crippen LogP contribution in [0.15, 0.2) is 114 Å². The summed E-state index contributed by atoms with van der Waals surface area (Å²) in [4.78, 5) is 17.2. The molecule has 0 fully saturated rings. The highest BCUT2D eigenvalue weighted by molar-refractivity contribution is 6.30. The Balaban J connectivity index is 1.44. The second-order valence-electron chi connectivity index (χ2n) is 8.07. The molecule has 0 N–H and O–H groups in total. The van der Waals surface area contributed by atoms with E-state index in [1.807, 2.05) is 72.8 Å². The van der Waals surface area contributed by atoms with Gasteiger partial charge in [-0.2, -0.15) is 5.10 Å². The predicted molar refractivity (Wildman–Crippen MR) is 146 cm³/mol. The van der Waals surface area contributed by atoms with Crippen molar-refractivity contribution in [3.05, 3.63) is 125 Å². The fourth-order valence-corrected chi connectivity index (χ4v) is 3.83. The van der Waals surface area contributed by atoms with Crippen molar-refractivity contribution in [2.75, 3.05) is 7.11 Å². The number of hydrogen-bond donors (Lipinski definition) is 0. The monoisotopic (exact) mass is 507 g/mol. The number of rotatable bonds is 7. The molecule has 1 heterocycles. The maximum Gasteiger partial charge on any atom is 0.343 e. The van der Waals surface area contributed by atoms with Crippen LogP contribution in [0.4, 0.5) is 5.82 Å². The van der Waals surface area contributed by atoms with Gasteiger partial charge in [-0.1, -0.05) is 60.1 Å². The van der Waals surface area contributed by atoms with E-state index in [4.69, 9.17) is 31.2 Å². The molecule has 0 aliphatic heterocycles. The Morgan fingerprint density at radius 1 is 0.865 bits per heavy atom. The van der Waals surface area contributed by atoms with E-state index in [1.54, 1.807) is 47.3 Å². The number of esters is 1. The Kier molecular flexibility index (Phi) is 7.10. The summed E-state index contributed by atoms with van der Waals surface area (Å²) in [6.07, 6.45) is 1.72. The van der Waals surface area contributed by atoms with E-state index in [-0.39, 0.29) is 0 Å². The van der Waals surface area contributed by atoms with Crippen LogP contribution >= 0.6 is 11.6 Å². The number of para-hydroxylation sites is 1. The zero-order valence-electron chi connectivity index (χ0n) is 19.9. The minimum absolute atomic E-state index is 0.327. The first kappa shape index (κ1) is 24.0. The second-order valence-corrected chi connectivity index (χ2v) is 8.50. The lowest BCUT2D eigenvalue weighted by atomic mass is 10.1. The predicted octanol–water partition coefficient (Wildman–Crippen LogP) is 7.17. The van der Waals surface area contributed by atoms with E-state index in [9.17, 15) is 4.79 Å². The molecular formula is C30H22ClN3O3. The van der Waals surface area contributed by atoms with Gasteiger partial charge in [-0.05, 0) is 60.2 Å². The van der Waals surface area contributed by atoms with Crippen LogP contribution in [0.5, 0.6) is 11.5 Å². The van der Waals surface area contributed by atoms with Crippen LogP contribution in [0.2, 0.25) is 5.02 Å². The molecule has 0 radical (unpaired) electrons. The van der Waals surface area contributed by atoms with Crippen molar-refractivity contribution in [2.24, 2.45) is 4.99 Å². The lowest BCUT2D eigenvalue weighted by molar-refractivity contribution is 0.0729. The quantitative estimate of drug-likeness (QED) is 0.133. The Hall–Kier alpha value is -4.68. The summed E-state index contributed by atoms with van der Waals surface area (Å²) in [5.74, 6) is 0.941. The summed E-state index contributed by atoms with van der Waals surface area (Å²) in [6, 6.07) is 33.3. The minimum Gasteiger partial charge on any atom is -0.493 e. The summed E-state index contributed by atoms with van der Waals surface area (Å²) >= 11 is 6.06. The van der Waals surface area contributed by atoms with Crippen LogP contribution in [0.1, 0.15) is 15.9 Å². The molecule has 0 aliphatic carbocycles. The maximum atomic E-state index is 12.5. The minimum atomic E-state index is -0.457. The molecule has 0 bridgehead atoms. The van der Waals surface area contributed by atoms with Gasteiger partial charge in [0.05, 0.1) is 24.1 Å². The molecule has 0 atom stereocenters. The number of aliphatic imine (C=N–C) groups is 1. The maximum absolute atomic E-state index is 12.5. The molecule has 37 heavy (non-hydrogen) atoms. The van der Waals surface area contributed by atoms with Gasteiger partial charge in [-0.25, -0.2) is 14.5 Å². The average molecular weight is 508 g/mol. The number of aromatic nitrogens is 2. The van der Waals surface area contributed by atoms with E-state index in [1.165, 1.54) is 7.11 Å². The molecule has 0 amide bonds. The number of nitrogens with zero attached hydrogens (tertiary/aromatic N) is 3. The third-order valence-electron chi connectivity index (χ3n) is 5.58. The average Bonchev–Trinajstić information content (AvgIpc) is 3.38. The Bertz CT molecular complexity index is 1550. The summed E-state index contributed by atoms with van der Waals surface area (Å²) in [7, 11) is 1.53. The summed E-state index contributed by atoms with van der Waals surface area (Å²) in [5.41, 5.74) is 3.82. The van der Waals surface area contributed by atoms with Gasteiger partial charge in [0.1, 0.15) is 0 Å². The second kappa shape index (κ2) is 10.9. The molecule has 7 heteroatoms. The van der Waals surface area contributed by atoms with Gasteiger partial charge >= 0.3 is 5.97 Å². The van der Waals surface area contributed by atoms with Gasteiger partial charge in [0.2, 0.25) is 0 Å². The van der Waals surface area contributed by atoms with Gasteiger partial charge in [0.15, 0.2) is 17.3 Å². The number of hydrogen-bond acceptors (Lipinski definition) is 5. The molecule has 0 saturated carbocycles. The van der Waals surface area contributed by atoms with Gasteiger partial charge in [-0.3, -0.25) is 0 Å². The molecule has 5 aromatic rings. The van der Waals surface area contributed by atoms with Crippen LogP contribution in [-0.2, 0) is 0 Å². The SMILES string of the molecule is COc1cc(C=Nc2cc(-c3ccc(Cl)cc3)nn2-c2ccccc2)ccc1OC(=O)c1ccccc1. The van der Waals surface area contributed by atoms with Crippen molar-refractivity contribution in [1.29, 1.82) is 0 Å². The van der Waals surface area contributed by atoms with Crippen molar-refractivity contribution in [3.8, 4) is 28.4 Å². The lowest BCUT2D eigenvalue weighted by Gasteiger charge is -2.10. The zero-order chi connectivity index (χ0) is 25.6. The normalized spacial score (nSPS) is 11.0. The fourth-order valence-electron chi connectivity index (χ4n) is 3.71. The van der Waals surface area contributed by atoms with Gasteiger partial charge in [0.25, 0.3) is 0 Å². The highest BCUT2D eigenvalue weighted by Crippen LogP contribution is 2.30. The van der Waals surface area contributed by atoms with Crippen LogP contribution in [0.3, 0.4) is 0 Å². The van der Waals surface area contributed by atoms with Crippen molar-refractivity contribution in [3.63, 3.8) is 0 Å². The van der Waals surface area contributed by atoms with Crippen molar-refractivity contribution >= 4 is 29.6 Å². The summed E-state index contributed by atoms with van der Waals surface area (Å²) in [6.45, 7) is 0. The third-order valence-corrected chi connectivity index (χ3v) is 5.83. The fraction of sp³-hybridized carbons (Fsp3) is 0.0333. The lowest BCUT2D eigenvalue weighted by Crippen LogP contribution is -2.09. The Morgan fingerprint density at radius 2 is 1.57 bits per heavy atom. The third kappa shape index (κ3) is 5.60. The summed E-state index contributed by atoms with van der Waals surface area (Å²) in [5, 5.41) is 5.44. The largest absolute Gasteiger partial charge is 0.493 e. The standard InChI is InChI=1S/C30H22ClN3O3/c1-36-28-18-21(12-17-27(28)37-30(35)23-8-4-2-5-9-23)20-32-29-19-26(22-13-15-24(31)16-14-22)33-34(29)25-10-6-3-7-11-25/h2-20H,1H3. The number of benzene rings is 4. The topological polar surface area (TPSA) is 65.7 Å². The van der Waals surface area contributed by atoms with E-state index in [2.05, 4.69) is 0 Å². The van der Waals surface area contributed by atoms with Gasteiger partial charge in [0, 0.05) is 22.9 Å². The molecule has 4 aromatic carbocycles. The molecule has 0 spiro atoms. The molecule has 1 aromatic heterocycles. The number of carbonyl (C=O) groups excluding carboxylic acids is 1. The number of ether oxygens (including phenoxy) is 2. The van der Waals surface area contributed by atoms with E-state index < -0.39 is 5.97 Å². The number of methoxy groups -OCH3 is 1. The van der Waals surface area contributed by atoms with Crippen molar-refractivity contribution in [2.45, 2.75) is 0 Å². The Morgan fingerprint density at radius 3 is 2.27 bits per heavy atom. The number of carbonyl (C=O) groups is 1.